The van der Waals surface area contributed by atoms with Gasteiger partial charge in [0.15, 0.2) is 11.5 Å². The normalized spacial score (nSPS) is 11.2. The fourth-order valence-electron chi connectivity index (χ4n) is 2.78. The average Bonchev–Trinajstić information content (AvgIpc) is 2.62. The van der Waals surface area contributed by atoms with E-state index in [1.807, 2.05) is 30.3 Å². The third-order valence-corrected chi connectivity index (χ3v) is 4.20. The Morgan fingerprint density at radius 1 is 1.12 bits per heavy atom. The predicted octanol–water partition coefficient (Wildman–Crippen LogP) is 3.18. The van der Waals surface area contributed by atoms with Crippen LogP contribution in [0.15, 0.2) is 42.5 Å². The summed E-state index contributed by atoms with van der Waals surface area (Å²) in [4.78, 5) is 12.1. The van der Waals surface area contributed by atoms with Gasteiger partial charge in [-0.1, -0.05) is 30.3 Å². The van der Waals surface area contributed by atoms with Crippen LogP contribution >= 0.6 is 12.4 Å². The maximum Gasteiger partial charge on any atom is 0.221 e. The van der Waals surface area contributed by atoms with Gasteiger partial charge in [-0.25, -0.2) is 0 Å². The van der Waals surface area contributed by atoms with Crippen LogP contribution in [0.2, 0.25) is 0 Å². The number of carbonyl (C=O) groups is 1. The first-order valence-electron chi connectivity index (χ1n) is 8.35. The van der Waals surface area contributed by atoms with Gasteiger partial charge >= 0.3 is 0 Å². The Labute approximate surface area is 161 Å². The van der Waals surface area contributed by atoms with E-state index in [-0.39, 0.29) is 24.4 Å². The predicted molar refractivity (Wildman–Crippen MR) is 106 cm³/mol. The second kappa shape index (κ2) is 10.7. The standard InChI is InChI=1S/C20H26N2O3.ClH/c1-14-6-4-5-7-15(14)12-17(22-20(23)10-11-21)16-8-9-18(24-2)19(13-16)25-3;/h4-9,13,17H,10-12,21H2,1-3H3,(H,22,23);1H. The van der Waals surface area contributed by atoms with Crippen molar-refractivity contribution < 1.29 is 14.3 Å². The Morgan fingerprint density at radius 3 is 2.42 bits per heavy atom. The molecule has 2 aromatic rings. The Hall–Kier alpha value is -2.24. The van der Waals surface area contributed by atoms with E-state index >= 15 is 0 Å². The number of hydrogen-bond acceptors (Lipinski definition) is 4. The van der Waals surface area contributed by atoms with Crippen molar-refractivity contribution in [1.82, 2.24) is 5.32 Å². The number of aryl methyl sites for hydroxylation is 1. The molecule has 0 saturated carbocycles. The summed E-state index contributed by atoms with van der Waals surface area (Å²) in [6, 6.07) is 13.7. The molecule has 0 heterocycles. The molecule has 6 heteroatoms. The zero-order valence-electron chi connectivity index (χ0n) is 15.5. The number of carbonyl (C=O) groups excluding carboxylic acids is 1. The van der Waals surface area contributed by atoms with Crippen LogP contribution in [0.25, 0.3) is 0 Å². The monoisotopic (exact) mass is 378 g/mol. The summed E-state index contributed by atoms with van der Waals surface area (Å²) in [5, 5.41) is 3.08. The Morgan fingerprint density at radius 2 is 1.81 bits per heavy atom. The number of nitrogens with two attached hydrogens (primary N) is 1. The summed E-state index contributed by atoms with van der Waals surface area (Å²) in [7, 11) is 3.20. The van der Waals surface area contributed by atoms with Gasteiger partial charge in [0.1, 0.15) is 0 Å². The fourth-order valence-corrected chi connectivity index (χ4v) is 2.78. The summed E-state index contributed by atoms with van der Waals surface area (Å²) in [6.45, 7) is 2.40. The quantitative estimate of drug-likeness (QED) is 0.739. The molecule has 0 fully saturated rings. The largest absolute Gasteiger partial charge is 0.493 e. The van der Waals surface area contributed by atoms with Gasteiger partial charge in [0, 0.05) is 13.0 Å². The van der Waals surface area contributed by atoms with Gasteiger partial charge in [-0.15, -0.1) is 12.4 Å². The van der Waals surface area contributed by atoms with Crippen LogP contribution < -0.4 is 20.5 Å². The number of rotatable bonds is 8. The van der Waals surface area contributed by atoms with E-state index in [0.717, 1.165) is 5.56 Å². The topological polar surface area (TPSA) is 73.6 Å². The zero-order chi connectivity index (χ0) is 18.2. The smallest absolute Gasteiger partial charge is 0.221 e. The molecule has 0 spiro atoms. The second-order valence-electron chi connectivity index (χ2n) is 5.90. The fraction of sp³-hybridized carbons (Fsp3) is 0.350. The Kier molecular flexibility index (Phi) is 8.96. The van der Waals surface area contributed by atoms with Crippen LogP contribution in [-0.4, -0.2) is 26.7 Å². The molecule has 0 bridgehead atoms. The highest BCUT2D eigenvalue weighted by Gasteiger charge is 2.18. The number of nitrogens with one attached hydrogen (secondary N) is 1. The first kappa shape index (κ1) is 21.8. The van der Waals surface area contributed by atoms with Crippen molar-refractivity contribution in [3.8, 4) is 11.5 Å². The molecule has 3 N–H and O–H groups in total. The van der Waals surface area contributed by atoms with Crippen molar-refractivity contribution in [3.63, 3.8) is 0 Å². The molecular formula is C20H27ClN2O3. The average molecular weight is 379 g/mol. The maximum absolute atomic E-state index is 12.1. The minimum atomic E-state index is -0.167. The zero-order valence-corrected chi connectivity index (χ0v) is 16.3. The number of methoxy groups -OCH3 is 2. The highest BCUT2D eigenvalue weighted by atomic mass is 35.5. The lowest BCUT2D eigenvalue weighted by Crippen LogP contribution is -2.31. The van der Waals surface area contributed by atoms with Gasteiger partial charge in [-0.2, -0.15) is 0 Å². The number of ether oxygens (including phenoxy) is 2. The van der Waals surface area contributed by atoms with Crippen molar-refractivity contribution in [1.29, 1.82) is 0 Å². The summed E-state index contributed by atoms with van der Waals surface area (Å²) in [6.07, 6.45) is 0.996. The van der Waals surface area contributed by atoms with Gasteiger partial charge in [-0.3, -0.25) is 4.79 Å². The lowest BCUT2D eigenvalue weighted by atomic mass is 9.95. The first-order valence-corrected chi connectivity index (χ1v) is 8.35. The van der Waals surface area contributed by atoms with Crippen LogP contribution in [0.3, 0.4) is 0 Å². The molecule has 0 radical (unpaired) electrons. The lowest BCUT2D eigenvalue weighted by Gasteiger charge is -2.21. The van der Waals surface area contributed by atoms with E-state index in [0.29, 0.717) is 30.9 Å². The molecule has 1 amide bonds. The number of halogens is 1. The van der Waals surface area contributed by atoms with E-state index < -0.39 is 0 Å². The number of benzene rings is 2. The van der Waals surface area contributed by atoms with Gasteiger partial charge in [0.2, 0.25) is 5.91 Å². The van der Waals surface area contributed by atoms with Crippen LogP contribution in [0, 0.1) is 6.92 Å². The number of amides is 1. The highest BCUT2D eigenvalue weighted by molar-refractivity contribution is 5.85. The first-order chi connectivity index (χ1) is 12.1. The maximum atomic E-state index is 12.1. The van der Waals surface area contributed by atoms with Crippen LogP contribution in [0.1, 0.15) is 29.2 Å². The molecule has 5 nitrogen and oxygen atoms in total. The summed E-state index contributed by atoms with van der Waals surface area (Å²) < 4.78 is 10.7. The minimum absolute atomic E-state index is 0. The molecule has 26 heavy (non-hydrogen) atoms. The third kappa shape index (κ3) is 5.64. The molecule has 1 unspecified atom stereocenters. The Bertz CT molecular complexity index is 722. The number of hydrogen-bond donors (Lipinski definition) is 2. The Balaban J connectivity index is 0.00000338. The van der Waals surface area contributed by atoms with Crippen molar-refractivity contribution in [2.45, 2.75) is 25.8 Å². The van der Waals surface area contributed by atoms with E-state index in [1.165, 1.54) is 11.1 Å². The molecule has 2 aromatic carbocycles. The van der Waals surface area contributed by atoms with Crippen LogP contribution in [-0.2, 0) is 11.2 Å². The summed E-state index contributed by atoms with van der Waals surface area (Å²) in [5.41, 5.74) is 8.86. The van der Waals surface area contributed by atoms with Crippen molar-refractivity contribution >= 4 is 18.3 Å². The van der Waals surface area contributed by atoms with Gasteiger partial charge in [0.25, 0.3) is 0 Å². The van der Waals surface area contributed by atoms with E-state index in [2.05, 4.69) is 24.4 Å². The molecular weight excluding hydrogens is 352 g/mol. The van der Waals surface area contributed by atoms with Crippen molar-refractivity contribution in [2.24, 2.45) is 5.73 Å². The summed E-state index contributed by atoms with van der Waals surface area (Å²) in [5.74, 6) is 1.24. The molecule has 1 atom stereocenters. The molecule has 0 saturated heterocycles. The van der Waals surface area contributed by atoms with E-state index in [9.17, 15) is 4.79 Å². The van der Waals surface area contributed by atoms with E-state index in [4.69, 9.17) is 15.2 Å². The molecule has 0 aliphatic carbocycles. The molecule has 0 aromatic heterocycles. The summed E-state index contributed by atoms with van der Waals surface area (Å²) >= 11 is 0. The van der Waals surface area contributed by atoms with Gasteiger partial charge in [-0.05, 0) is 42.2 Å². The molecule has 0 aliphatic rings. The SMILES string of the molecule is COc1ccc(C(Cc2ccccc2C)NC(=O)CCN)cc1OC.Cl. The minimum Gasteiger partial charge on any atom is -0.493 e. The van der Waals surface area contributed by atoms with Gasteiger partial charge in [0.05, 0.1) is 20.3 Å². The molecule has 2 rings (SSSR count). The van der Waals surface area contributed by atoms with Crippen LogP contribution in [0.5, 0.6) is 11.5 Å². The molecule has 142 valence electrons. The van der Waals surface area contributed by atoms with Gasteiger partial charge < -0.3 is 20.5 Å². The highest BCUT2D eigenvalue weighted by Crippen LogP contribution is 2.31. The third-order valence-electron chi connectivity index (χ3n) is 4.20. The van der Waals surface area contributed by atoms with Crippen molar-refractivity contribution in [2.75, 3.05) is 20.8 Å². The lowest BCUT2D eigenvalue weighted by molar-refractivity contribution is -0.121. The van der Waals surface area contributed by atoms with E-state index in [1.54, 1.807) is 14.2 Å². The second-order valence-corrected chi connectivity index (χ2v) is 5.90. The molecule has 0 aliphatic heterocycles. The van der Waals surface area contributed by atoms with Crippen LogP contribution in [0.4, 0.5) is 0 Å². The van der Waals surface area contributed by atoms with Crippen molar-refractivity contribution in [3.05, 3.63) is 59.2 Å².